The normalized spacial score (nSPS) is 10.6. The van der Waals surface area contributed by atoms with Gasteiger partial charge in [0.05, 0.1) is 6.61 Å². The van der Waals surface area contributed by atoms with E-state index in [0.717, 1.165) is 13.0 Å². The molecule has 0 fully saturated rings. The molecule has 1 N–H and O–H groups in total. The highest BCUT2D eigenvalue weighted by Gasteiger charge is 2.09. The Bertz CT molecular complexity index is 406. The number of methoxy groups -OCH3 is 2. The van der Waals surface area contributed by atoms with Crippen LogP contribution in [0.1, 0.15) is 12.2 Å². The minimum absolute atomic E-state index is 0.133. The van der Waals surface area contributed by atoms with Crippen molar-refractivity contribution in [2.45, 2.75) is 13.3 Å². The van der Waals surface area contributed by atoms with E-state index >= 15 is 0 Å². The van der Waals surface area contributed by atoms with Crippen LogP contribution in [0.25, 0.3) is 0 Å². The molecule has 0 spiro atoms. The molecule has 1 aromatic heterocycles. The molecule has 6 heteroatoms. The summed E-state index contributed by atoms with van der Waals surface area (Å²) in [4.78, 5) is 20.5. The first-order valence-corrected chi connectivity index (χ1v) is 5.98. The zero-order valence-electron chi connectivity index (χ0n) is 11.2. The van der Waals surface area contributed by atoms with Gasteiger partial charge in [-0.1, -0.05) is 0 Å². The molecule has 0 atom stereocenters. The Morgan fingerprint density at radius 3 is 2.61 bits per heavy atom. The Balaban J connectivity index is 2.76. The Morgan fingerprint density at radius 1 is 1.28 bits per heavy atom. The fourth-order valence-corrected chi connectivity index (χ4v) is 1.67. The van der Waals surface area contributed by atoms with Crippen LogP contribution in [-0.4, -0.2) is 50.5 Å². The highest BCUT2D eigenvalue weighted by molar-refractivity contribution is 5.37. The lowest BCUT2D eigenvalue weighted by molar-refractivity contribution is 0.191. The minimum atomic E-state index is -0.133. The van der Waals surface area contributed by atoms with Crippen LogP contribution < -0.4 is 10.5 Å². The molecule has 0 aliphatic carbocycles. The second kappa shape index (κ2) is 7.84. The number of anilines is 1. The second-order valence-corrected chi connectivity index (χ2v) is 4.02. The van der Waals surface area contributed by atoms with Crippen LogP contribution in [0.4, 0.5) is 5.82 Å². The van der Waals surface area contributed by atoms with Crippen molar-refractivity contribution in [2.24, 2.45) is 0 Å². The van der Waals surface area contributed by atoms with Crippen molar-refractivity contribution in [1.29, 1.82) is 0 Å². The Morgan fingerprint density at radius 2 is 2.00 bits per heavy atom. The van der Waals surface area contributed by atoms with Gasteiger partial charge in [-0.25, -0.2) is 4.98 Å². The van der Waals surface area contributed by atoms with Crippen molar-refractivity contribution in [3.8, 4) is 0 Å². The number of hydrogen-bond donors (Lipinski definition) is 1. The molecule has 102 valence electrons. The first-order valence-electron chi connectivity index (χ1n) is 5.98. The van der Waals surface area contributed by atoms with E-state index in [1.54, 1.807) is 21.1 Å². The van der Waals surface area contributed by atoms with Crippen LogP contribution in [0, 0.1) is 6.92 Å². The van der Waals surface area contributed by atoms with Crippen LogP contribution in [-0.2, 0) is 9.47 Å². The van der Waals surface area contributed by atoms with Gasteiger partial charge in [0.25, 0.3) is 5.56 Å². The third kappa shape index (κ3) is 4.85. The third-order valence-corrected chi connectivity index (χ3v) is 2.51. The number of aryl methyl sites for hydroxylation is 1. The summed E-state index contributed by atoms with van der Waals surface area (Å²) in [5, 5.41) is 0. The lowest BCUT2D eigenvalue weighted by Gasteiger charge is -2.23. The van der Waals surface area contributed by atoms with Gasteiger partial charge in [-0.3, -0.25) is 4.79 Å². The zero-order valence-corrected chi connectivity index (χ0v) is 11.2. The van der Waals surface area contributed by atoms with E-state index in [2.05, 4.69) is 9.97 Å². The van der Waals surface area contributed by atoms with E-state index in [-0.39, 0.29) is 5.56 Å². The maximum Gasteiger partial charge on any atom is 0.252 e. The quantitative estimate of drug-likeness (QED) is 0.688. The Kier molecular flexibility index (Phi) is 6.38. The van der Waals surface area contributed by atoms with E-state index in [0.29, 0.717) is 31.4 Å². The largest absolute Gasteiger partial charge is 0.385 e. The molecule has 0 aliphatic heterocycles. The van der Waals surface area contributed by atoms with Gasteiger partial charge in [-0.15, -0.1) is 0 Å². The molecule has 18 heavy (non-hydrogen) atoms. The zero-order chi connectivity index (χ0) is 13.4. The number of aromatic nitrogens is 2. The SMILES string of the molecule is COCCCN(CCOC)c1cc(=O)[nH]c(C)n1. The first kappa shape index (κ1) is 14.7. The van der Waals surface area contributed by atoms with Gasteiger partial charge in [0.1, 0.15) is 11.6 Å². The molecule has 0 unspecified atom stereocenters. The fraction of sp³-hybridized carbons (Fsp3) is 0.667. The maximum absolute atomic E-state index is 11.4. The van der Waals surface area contributed by atoms with Crippen molar-refractivity contribution >= 4 is 5.82 Å². The van der Waals surface area contributed by atoms with Crippen molar-refractivity contribution in [1.82, 2.24) is 9.97 Å². The third-order valence-electron chi connectivity index (χ3n) is 2.51. The molecular formula is C12H21N3O3. The van der Waals surface area contributed by atoms with Gasteiger partial charge >= 0.3 is 0 Å². The maximum atomic E-state index is 11.4. The summed E-state index contributed by atoms with van der Waals surface area (Å²) in [5.74, 6) is 1.30. The van der Waals surface area contributed by atoms with Gasteiger partial charge in [-0.2, -0.15) is 0 Å². The molecular weight excluding hydrogens is 234 g/mol. The summed E-state index contributed by atoms with van der Waals surface area (Å²) < 4.78 is 10.1. The molecule has 0 radical (unpaired) electrons. The number of rotatable bonds is 8. The number of nitrogens with one attached hydrogen (secondary N) is 1. The number of H-pyrrole nitrogens is 1. The van der Waals surface area contributed by atoms with Crippen molar-refractivity contribution < 1.29 is 9.47 Å². The Labute approximate surface area is 107 Å². The average molecular weight is 255 g/mol. The lowest BCUT2D eigenvalue weighted by atomic mass is 10.3. The molecule has 0 amide bonds. The summed E-state index contributed by atoms with van der Waals surface area (Å²) >= 11 is 0. The number of aromatic amines is 1. The van der Waals surface area contributed by atoms with Gasteiger partial charge in [0, 0.05) is 40.0 Å². The lowest BCUT2D eigenvalue weighted by Crippen LogP contribution is -2.31. The standard InChI is InChI=1S/C12H21N3O3/c1-10-13-11(9-12(16)14-10)15(6-8-18-3)5-4-7-17-2/h9H,4-8H2,1-3H3,(H,13,14,16). The highest BCUT2D eigenvalue weighted by Crippen LogP contribution is 2.08. The molecule has 0 aromatic carbocycles. The molecule has 0 saturated heterocycles. The van der Waals surface area contributed by atoms with Crippen LogP contribution >= 0.6 is 0 Å². The molecule has 1 heterocycles. The fourth-order valence-electron chi connectivity index (χ4n) is 1.67. The molecule has 0 saturated carbocycles. The Hall–Kier alpha value is -1.40. The van der Waals surface area contributed by atoms with Crippen molar-refractivity contribution in [3.63, 3.8) is 0 Å². The molecule has 1 aromatic rings. The smallest absolute Gasteiger partial charge is 0.252 e. The summed E-state index contributed by atoms with van der Waals surface area (Å²) in [6.07, 6.45) is 0.883. The summed E-state index contributed by atoms with van der Waals surface area (Å²) in [6, 6.07) is 1.51. The molecule has 1 rings (SSSR count). The summed E-state index contributed by atoms with van der Waals surface area (Å²) in [5.41, 5.74) is -0.133. The van der Waals surface area contributed by atoms with E-state index in [9.17, 15) is 4.79 Å². The van der Waals surface area contributed by atoms with Gasteiger partial charge < -0.3 is 19.4 Å². The topological polar surface area (TPSA) is 67.5 Å². The van der Waals surface area contributed by atoms with E-state index < -0.39 is 0 Å². The van der Waals surface area contributed by atoms with Crippen molar-refractivity contribution in [2.75, 3.05) is 45.4 Å². The van der Waals surface area contributed by atoms with E-state index in [1.165, 1.54) is 6.07 Å². The van der Waals surface area contributed by atoms with Crippen LogP contribution in [0.5, 0.6) is 0 Å². The second-order valence-electron chi connectivity index (χ2n) is 4.02. The van der Waals surface area contributed by atoms with Gasteiger partial charge in [0.15, 0.2) is 0 Å². The average Bonchev–Trinajstić information content (AvgIpc) is 2.32. The summed E-state index contributed by atoms with van der Waals surface area (Å²) in [6.45, 7) is 4.55. The number of hydrogen-bond acceptors (Lipinski definition) is 5. The first-order chi connectivity index (χ1) is 8.67. The molecule has 0 aliphatic rings. The molecule has 6 nitrogen and oxygen atoms in total. The van der Waals surface area contributed by atoms with E-state index in [1.807, 2.05) is 4.90 Å². The minimum Gasteiger partial charge on any atom is -0.385 e. The van der Waals surface area contributed by atoms with Gasteiger partial charge in [0.2, 0.25) is 0 Å². The number of nitrogens with zero attached hydrogens (tertiary/aromatic N) is 2. The monoisotopic (exact) mass is 255 g/mol. The van der Waals surface area contributed by atoms with Crippen LogP contribution in [0.2, 0.25) is 0 Å². The van der Waals surface area contributed by atoms with Crippen LogP contribution in [0.15, 0.2) is 10.9 Å². The predicted molar refractivity (Wildman–Crippen MR) is 70.2 cm³/mol. The van der Waals surface area contributed by atoms with E-state index in [4.69, 9.17) is 9.47 Å². The van der Waals surface area contributed by atoms with Gasteiger partial charge in [-0.05, 0) is 13.3 Å². The molecule has 0 bridgehead atoms. The van der Waals surface area contributed by atoms with Crippen LogP contribution in [0.3, 0.4) is 0 Å². The summed E-state index contributed by atoms with van der Waals surface area (Å²) in [7, 11) is 3.33. The highest BCUT2D eigenvalue weighted by atomic mass is 16.5. The van der Waals surface area contributed by atoms with Crippen molar-refractivity contribution in [3.05, 3.63) is 22.2 Å². The predicted octanol–water partition coefficient (Wildman–Crippen LogP) is 0.568. The number of ether oxygens (including phenoxy) is 2.